The zero-order valence-electron chi connectivity index (χ0n) is 17.2. The number of para-hydroxylation sites is 1. The third-order valence-electron chi connectivity index (χ3n) is 5.17. The number of hydrogen-bond acceptors (Lipinski definition) is 3. The Balaban J connectivity index is 1.85. The largest absolute Gasteiger partial charge is 0.494 e. The Morgan fingerprint density at radius 1 is 1.00 bits per heavy atom. The standard InChI is InChI=1S/C24H27FN2O3/c1-2-3-4-5-6-10-13-21(28)22-19-16-17(25)14-15-20(19)27(23(22)29)24(30)26-18-11-8-7-9-12-18/h7-9,11-12,14-16,29H,2-6,10,13H2,1H3,(H,26,30). The quantitative estimate of drug-likeness (QED) is 0.312. The first kappa shape index (κ1) is 21.6. The summed E-state index contributed by atoms with van der Waals surface area (Å²) in [6, 6.07) is 12.0. The predicted octanol–water partition coefficient (Wildman–Crippen LogP) is 6.50. The zero-order valence-corrected chi connectivity index (χ0v) is 17.2. The molecule has 1 heterocycles. The highest BCUT2D eigenvalue weighted by Crippen LogP contribution is 2.33. The molecule has 5 nitrogen and oxygen atoms in total. The molecule has 0 saturated carbocycles. The van der Waals surface area contributed by atoms with Gasteiger partial charge in [0.2, 0.25) is 5.88 Å². The van der Waals surface area contributed by atoms with E-state index in [1.54, 1.807) is 24.3 Å². The highest BCUT2D eigenvalue weighted by molar-refractivity contribution is 6.14. The number of carbonyl (C=O) groups excluding carboxylic acids is 2. The summed E-state index contributed by atoms with van der Waals surface area (Å²) in [5, 5.41) is 13.7. The molecule has 0 bridgehead atoms. The Morgan fingerprint density at radius 2 is 1.70 bits per heavy atom. The SMILES string of the molecule is CCCCCCCCC(=O)c1c(O)n(C(=O)Nc2ccccc2)c2ccc(F)cc12. The summed E-state index contributed by atoms with van der Waals surface area (Å²) >= 11 is 0. The maximum atomic E-state index is 13.9. The predicted molar refractivity (Wildman–Crippen MR) is 117 cm³/mol. The van der Waals surface area contributed by atoms with Gasteiger partial charge in [-0.1, -0.05) is 57.2 Å². The molecule has 0 unspecified atom stereocenters. The van der Waals surface area contributed by atoms with Crippen molar-refractivity contribution in [3.05, 3.63) is 59.9 Å². The number of Topliss-reactive ketones (excluding diaryl/α,β-unsaturated/α-hetero) is 1. The molecule has 2 N–H and O–H groups in total. The van der Waals surface area contributed by atoms with E-state index in [1.165, 1.54) is 24.6 Å². The van der Waals surface area contributed by atoms with Crippen LogP contribution in [0.3, 0.4) is 0 Å². The van der Waals surface area contributed by atoms with Crippen molar-refractivity contribution in [1.29, 1.82) is 0 Å². The van der Waals surface area contributed by atoms with E-state index in [2.05, 4.69) is 12.2 Å². The smallest absolute Gasteiger partial charge is 0.333 e. The van der Waals surface area contributed by atoms with E-state index in [0.717, 1.165) is 30.3 Å². The molecule has 0 spiro atoms. The van der Waals surface area contributed by atoms with Crippen LogP contribution in [0.2, 0.25) is 0 Å². The lowest BCUT2D eigenvalue weighted by Gasteiger charge is -2.08. The number of amides is 1. The van der Waals surface area contributed by atoms with Crippen LogP contribution in [0.4, 0.5) is 14.9 Å². The van der Waals surface area contributed by atoms with Crippen LogP contribution in [0.1, 0.15) is 62.2 Å². The van der Waals surface area contributed by atoms with Gasteiger partial charge in [0.25, 0.3) is 0 Å². The Kier molecular flexibility index (Phi) is 7.22. The molecule has 3 rings (SSSR count). The van der Waals surface area contributed by atoms with Crippen molar-refractivity contribution in [3.8, 4) is 5.88 Å². The number of benzene rings is 2. The van der Waals surface area contributed by atoms with Gasteiger partial charge in [-0.15, -0.1) is 0 Å². The number of aromatic nitrogens is 1. The third-order valence-corrected chi connectivity index (χ3v) is 5.17. The Labute approximate surface area is 175 Å². The fourth-order valence-corrected chi connectivity index (χ4v) is 3.62. The number of nitrogens with zero attached hydrogens (tertiary/aromatic N) is 1. The van der Waals surface area contributed by atoms with Gasteiger partial charge >= 0.3 is 6.03 Å². The number of nitrogens with one attached hydrogen (secondary N) is 1. The van der Waals surface area contributed by atoms with Crippen molar-refractivity contribution in [2.45, 2.75) is 51.9 Å². The van der Waals surface area contributed by atoms with Gasteiger partial charge in [-0.25, -0.2) is 13.8 Å². The molecule has 3 aromatic rings. The molecule has 158 valence electrons. The lowest BCUT2D eigenvalue weighted by atomic mass is 10.0. The zero-order chi connectivity index (χ0) is 21.5. The Bertz CT molecular complexity index is 1030. The van der Waals surface area contributed by atoms with Gasteiger partial charge in [0.1, 0.15) is 5.82 Å². The molecule has 1 amide bonds. The molecule has 0 aliphatic rings. The lowest BCUT2D eigenvalue weighted by Crippen LogP contribution is -2.19. The topological polar surface area (TPSA) is 71.3 Å². The summed E-state index contributed by atoms with van der Waals surface area (Å²) in [5.41, 5.74) is 0.834. The molecule has 0 atom stereocenters. The number of fused-ring (bicyclic) bond motifs is 1. The molecule has 1 aromatic heterocycles. The van der Waals surface area contributed by atoms with E-state index < -0.39 is 17.7 Å². The summed E-state index contributed by atoms with van der Waals surface area (Å²) in [7, 11) is 0. The van der Waals surface area contributed by atoms with Gasteiger partial charge in [-0.3, -0.25) is 4.79 Å². The minimum absolute atomic E-state index is 0.00118. The third kappa shape index (κ3) is 4.87. The molecule has 0 aliphatic carbocycles. The van der Waals surface area contributed by atoms with E-state index in [4.69, 9.17) is 0 Å². The van der Waals surface area contributed by atoms with Crippen molar-refractivity contribution >= 4 is 28.4 Å². The number of rotatable bonds is 9. The minimum Gasteiger partial charge on any atom is -0.494 e. The maximum absolute atomic E-state index is 13.9. The first-order valence-corrected chi connectivity index (χ1v) is 10.5. The van der Waals surface area contributed by atoms with Crippen LogP contribution in [-0.4, -0.2) is 21.5 Å². The summed E-state index contributed by atoms with van der Waals surface area (Å²) in [4.78, 5) is 25.7. The highest BCUT2D eigenvalue weighted by Gasteiger charge is 2.25. The normalized spacial score (nSPS) is 11.0. The van der Waals surface area contributed by atoms with Crippen molar-refractivity contribution in [1.82, 2.24) is 4.57 Å². The first-order valence-electron chi connectivity index (χ1n) is 10.5. The van der Waals surface area contributed by atoms with E-state index in [9.17, 15) is 19.1 Å². The number of aromatic hydroxyl groups is 1. The van der Waals surface area contributed by atoms with Gasteiger partial charge in [-0.2, -0.15) is 0 Å². The van der Waals surface area contributed by atoms with E-state index in [1.807, 2.05) is 6.07 Å². The van der Waals surface area contributed by atoms with Crippen molar-refractivity contribution < 1.29 is 19.1 Å². The molecule has 6 heteroatoms. The first-order chi connectivity index (χ1) is 14.5. The lowest BCUT2D eigenvalue weighted by molar-refractivity contribution is 0.0978. The van der Waals surface area contributed by atoms with Gasteiger partial charge in [0, 0.05) is 17.5 Å². The van der Waals surface area contributed by atoms with Crippen molar-refractivity contribution in [2.75, 3.05) is 5.32 Å². The van der Waals surface area contributed by atoms with Gasteiger partial charge in [0.15, 0.2) is 5.78 Å². The summed E-state index contributed by atoms with van der Waals surface area (Å²) < 4.78 is 14.9. The van der Waals surface area contributed by atoms with Crippen LogP contribution >= 0.6 is 0 Å². The molecular weight excluding hydrogens is 383 g/mol. The van der Waals surface area contributed by atoms with Crippen LogP contribution in [0.15, 0.2) is 48.5 Å². The van der Waals surface area contributed by atoms with Crippen LogP contribution < -0.4 is 5.32 Å². The average Bonchev–Trinajstić information content (AvgIpc) is 3.02. The van der Waals surface area contributed by atoms with Crippen molar-refractivity contribution in [3.63, 3.8) is 0 Å². The van der Waals surface area contributed by atoms with Crippen LogP contribution in [-0.2, 0) is 0 Å². The van der Waals surface area contributed by atoms with Gasteiger partial charge in [0.05, 0.1) is 11.1 Å². The number of halogens is 1. The van der Waals surface area contributed by atoms with Gasteiger partial charge < -0.3 is 10.4 Å². The molecule has 0 fully saturated rings. The Morgan fingerprint density at radius 3 is 2.43 bits per heavy atom. The van der Waals surface area contributed by atoms with Gasteiger partial charge in [-0.05, 0) is 36.8 Å². The second-order valence-corrected chi connectivity index (χ2v) is 7.43. The molecule has 30 heavy (non-hydrogen) atoms. The number of carbonyl (C=O) groups is 2. The second-order valence-electron chi connectivity index (χ2n) is 7.43. The fourth-order valence-electron chi connectivity index (χ4n) is 3.62. The molecular formula is C24H27FN2O3. The summed E-state index contributed by atoms with van der Waals surface area (Å²) in [6.07, 6.45) is 6.40. The average molecular weight is 410 g/mol. The van der Waals surface area contributed by atoms with Crippen LogP contribution in [0.5, 0.6) is 5.88 Å². The van der Waals surface area contributed by atoms with E-state index >= 15 is 0 Å². The number of ketones is 1. The van der Waals surface area contributed by atoms with Crippen LogP contribution in [0, 0.1) is 5.82 Å². The van der Waals surface area contributed by atoms with Crippen LogP contribution in [0.25, 0.3) is 10.9 Å². The highest BCUT2D eigenvalue weighted by atomic mass is 19.1. The summed E-state index contributed by atoms with van der Waals surface area (Å²) in [6.45, 7) is 2.15. The second kappa shape index (κ2) is 10.1. The molecule has 0 saturated heterocycles. The number of unbranched alkanes of at least 4 members (excludes halogenated alkanes) is 5. The molecule has 0 radical (unpaired) electrons. The number of anilines is 1. The molecule has 0 aliphatic heterocycles. The van der Waals surface area contributed by atoms with E-state index in [-0.39, 0.29) is 28.7 Å². The summed E-state index contributed by atoms with van der Waals surface area (Å²) in [5.74, 6) is -1.28. The van der Waals surface area contributed by atoms with Crippen molar-refractivity contribution in [2.24, 2.45) is 0 Å². The maximum Gasteiger partial charge on any atom is 0.333 e. The fraction of sp³-hybridized carbons (Fsp3) is 0.333. The monoisotopic (exact) mass is 410 g/mol. The van der Waals surface area contributed by atoms with E-state index in [0.29, 0.717) is 12.1 Å². The minimum atomic E-state index is -0.617. The Hall–Kier alpha value is -3.15. The number of hydrogen-bond donors (Lipinski definition) is 2. The molecule has 2 aromatic carbocycles.